The number of aryl methyl sites for hydroxylation is 1. The van der Waals surface area contributed by atoms with Crippen molar-refractivity contribution >= 4 is 38.8 Å². The van der Waals surface area contributed by atoms with Gasteiger partial charge in [0.1, 0.15) is 5.84 Å². The third-order valence-corrected chi connectivity index (χ3v) is 8.65. The van der Waals surface area contributed by atoms with Crippen LogP contribution in [0.15, 0.2) is 52.3 Å². The Hall–Kier alpha value is -2.49. The van der Waals surface area contributed by atoms with Crippen molar-refractivity contribution in [2.75, 3.05) is 13.0 Å². The second-order valence-electron chi connectivity index (χ2n) is 6.80. The summed E-state index contributed by atoms with van der Waals surface area (Å²) in [5, 5.41) is 7.68. The highest BCUT2D eigenvalue weighted by molar-refractivity contribution is 7.98. The van der Waals surface area contributed by atoms with E-state index in [0.29, 0.717) is 27.0 Å². The van der Waals surface area contributed by atoms with E-state index in [2.05, 4.69) is 0 Å². The first kappa shape index (κ1) is 20.8. The number of hydrogen-bond acceptors (Lipinski definition) is 7. The number of nitrogens with one attached hydrogen (secondary N) is 1. The summed E-state index contributed by atoms with van der Waals surface area (Å²) >= 11 is 2.78. The summed E-state index contributed by atoms with van der Waals surface area (Å²) in [5.41, 5.74) is 8.23. The van der Waals surface area contributed by atoms with Crippen LogP contribution in [0.2, 0.25) is 0 Å². The van der Waals surface area contributed by atoms with E-state index in [4.69, 9.17) is 20.6 Å². The Morgan fingerprint density at radius 2 is 1.93 bits per heavy atom. The number of fused-ring (bicyclic) bond motifs is 1. The molecule has 4 rings (SSSR count). The van der Waals surface area contributed by atoms with Gasteiger partial charge in [0.05, 0.1) is 14.7 Å². The lowest BCUT2D eigenvalue weighted by molar-refractivity contribution is 0.174. The van der Waals surface area contributed by atoms with Gasteiger partial charge in [-0.25, -0.2) is 8.42 Å². The minimum Gasteiger partial charge on any atom is -0.454 e. The zero-order valence-electron chi connectivity index (χ0n) is 16.4. The molecule has 0 aliphatic carbocycles. The van der Waals surface area contributed by atoms with Gasteiger partial charge in [-0.15, -0.1) is 11.3 Å². The second kappa shape index (κ2) is 7.98. The van der Waals surface area contributed by atoms with E-state index in [-0.39, 0.29) is 22.4 Å². The first-order valence-electron chi connectivity index (χ1n) is 9.03. The number of thiophene rings is 1. The molecule has 3 aromatic rings. The molecule has 1 aromatic heterocycles. The van der Waals surface area contributed by atoms with Crippen molar-refractivity contribution in [2.45, 2.75) is 22.5 Å². The summed E-state index contributed by atoms with van der Waals surface area (Å²) in [4.78, 5) is 1.57. The average molecular weight is 461 g/mol. The van der Waals surface area contributed by atoms with Crippen LogP contribution in [0, 0.1) is 12.3 Å². The molecule has 0 fully saturated rings. The molecule has 0 saturated carbocycles. The third-order valence-electron chi connectivity index (χ3n) is 4.78. The molecule has 0 atom stereocenters. The van der Waals surface area contributed by atoms with Crippen LogP contribution in [0.3, 0.4) is 0 Å². The molecule has 30 heavy (non-hydrogen) atoms. The first-order valence-corrected chi connectivity index (χ1v) is 12.7. The molecule has 2 aromatic carbocycles. The predicted molar refractivity (Wildman–Crippen MR) is 121 cm³/mol. The van der Waals surface area contributed by atoms with E-state index in [1.807, 2.05) is 31.4 Å². The number of thioether (sulfide) groups is 1. The molecule has 0 saturated heterocycles. The summed E-state index contributed by atoms with van der Waals surface area (Å²) < 4.78 is 37.8. The van der Waals surface area contributed by atoms with Gasteiger partial charge in [0.2, 0.25) is 16.6 Å². The molecule has 0 unspecified atom stereocenters. The predicted octanol–water partition coefficient (Wildman–Crippen LogP) is 4.43. The molecule has 0 bridgehead atoms. The van der Waals surface area contributed by atoms with Crippen LogP contribution in [0.25, 0.3) is 11.1 Å². The third kappa shape index (κ3) is 3.68. The van der Waals surface area contributed by atoms with Gasteiger partial charge in [-0.1, -0.05) is 12.1 Å². The zero-order valence-corrected chi connectivity index (χ0v) is 18.8. The second-order valence-corrected chi connectivity index (χ2v) is 10.7. The van der Waals surface area contributed by atoms with Crippen LogP contribution < -0.4 is 15.2 Å². The Morgan fingerprint density at radius 1 is 1.20 bits per heavy atom. The Kier molecular flexibility index (Phi) is 5.52. The van der Waals surface area contributed by atoms with Gasteiger partial charge in [-0.2, -0.15) is 11.8 Å². The molecular weight excluding hydrogens is 440 g/mol. The van der Waals surface area contributed by atoms with Gasteiger partial charge in [0, 0.05) is 10.6 Å². The highest BCUT2D eigenvalue weighted by Crippen LogP contribution is 2.40. The van der Waals surface area contributed by atoms with Crippen molar-refractivity contribution in [2.24, 2.45) is 5.73 Å². The molecule has 3 N–H and O–H groups in total. The maximum atomic E-state index is 13.5. The maximum Gasteiger partial charge on any atom is 0.231 e. The smallest absolute Gasteiger partial charge is 0.231 e. The Balaban J connectivity index is 1.80. The lowest BCUT2D eigenvalue weighted by Gasteiger charge is -2.11. The Labute approximate surface area is 183 Å². The van der Waals surface area contributed by atoms with Gasteiger partial charge in [-0.3, -0.25) is 5.41 Å². The fraction of sp³-hybridized carbons (Fsp3) is 0.190. The number of amidine groups is 1. The van der Waals surface area contributed by atoms with Gasteiger partial charge >= 0.3 is 0 Å². The van der Waals surface area contributed by atoms with Crippen molar-refractivity contribution in [3.05, 3.63) is 57.8 Å². The molecule has 156 valence electrons. The summed E-state index contributed by atoms with van der Waals surface area (Å²) in [5.74, 6) is 1.74. The summed E-state index contributed by atoms with van der Waals surface area (Å²) in [6, 6.07) is 12.2. The SMILES string of the molecule is CSCc1sc(C(=N)N)cc1S(=O)(=O)c1cccc(-c2cc3c(cc2C)OCO3)c1. The fourth-order valence-electron chi connectivity index (χ4n) is 3.32. The lowest BCUT2D eigenvalue weighted by Crippen LogP contribution is -2.08. The van der Waals surface area contributed by atoms with Crippen LogP contribution in [0.5, 0.6) is 11.5 Å². The minimum absolute atomic E-state index is 0.131. The molecule has 2 heterocycles. The Morgan fingerprint density at radius 3 is 2.63 bits per heavy atom. The lowest BCUT2D eigenvalue weighted by atomic mass is 10.00. The first-order chi connectivity index (χ1) is 14.3. The highest BCUT2D eigenvalue weighted by Gasteiger charge is 2.25. The van der Waals surface area contributed by atoms with E-state index in [9.17, 15) is 8.42 Å². The van der Waals surface area contributed by atoms with Gasteiger partial charge < -0.3 is 15.2 Å². The number of hydrogen-bond donors (Lipinski definition) is 2. The number of sulfone groups is 1. The quantitative estimate of drug-likeness (QED) is 0.417. The minimum atomic E-state index is -3.77. The molecule has 0 radical (unpaired) electrons. The summed E-state index contributed by atoms with van der Waals surface area (Å²) in [6.45, 7) is 2.13. The maximum absolute atomic E-state index is 13.5. The van der Waals surface area contributed by atoms with Crippen LogP contribution >= 0.6 is 23.1 Å². The summed E-state index contributed by atoms with van der Waals surface area (Å²) in [6.07, 6.45) is 1.91. The largest absolute Gasteiger partial charge is 0.454 e. The van der Waals surface area contributed by atoms with Crippen molar-refractivity contribution in [1.29, 1.82) is 5.41 Å². The molecule has 1 aliphatic heterocycles. The topological polar surface area (TPSA) is 102 Å². The summed E-state index contributed by atoms with van der Waals surface area (Å²) in [7, 11) is -3.77. The van der Waals surface area contributed by atoms with Crippen LogP contribution in [0.4, 0.5) is 0 Å². The van der Waals surface area contributed by atoms with Crippen LogP contribution in [-0.2, 0) is 15.6 Å². The number of benzene rings is 2. The normalized spacial score (nSPS) is 12.9. The molecule has 6 nitrogen and oxygen atoms in total. The van der Waals surface area contributed by atoms with Crippen molar-refractivity contribution in [3.63, 3.8) is 0 Å². The molecule has 1 aliphatic rings. The van der Waals surface area contributed by atoms with E-state index in [1.165, 1.54) is 29.2 Å². The van der Waals surface area contributed by atoms with E-state index < -0.39 is 9.84 Å². The van der Waals surface area contributed by atoms with Gasteiger partial charge in [0.25, 0.3) is 0 Å². The van der Waals surface area contributed by atoms with Crippen LogP contribution in [-0.4, -0.2) is 27.3 Å². The van der Waals surface area contributed by atoms with Crippen molar-refractivity contribution in [1.82, 2.24) is 0 Å². The zero-order chi connectivity index (χ0) is 21.5. The van der Waals surface area contributed by atoms with Crippen LogP contribution in [0.1, 0.15) is 15.3 Å². The molecule has 9 heteroatoms. The molecule has 0 amide bonds. The van der Waals surface area contributed by atoms with Gasteiger partial charge in [-0.05, 0) is 60.2 Å². The standard InChI is InChI=1S/C21H20N2O4S3/c1-12-6-16-17(27-11-26-16)8-15(12)13-4-3-5-14(7-13)30(24,25)20-9-18(21(22)23)29-19(20)10-28-2/h3-9H,10-11H2,1-2H3,(H3,22,23). The Bertz CT molecular complexity index is 1250. The average Bonchev–Trinajstić information content (AvgIpc) is 3.34. The number of nitrogen functional groups attached to an aromatic ring is 1. The van der Waals surface area contributed by atoms with Crippen molar-refractivity contribution < 1.29 is 17.9 Å². The number of nitrogens with two attached hydrogens (primary N) is 1. The monoisotopic (exact) mass is 460 g/mol. The molecule has 0 spiro atoms. The van der Waals surface area contributed by atoms with Crippen molar-refractivity contribution in [3.8, 4) is 22.6 Å². The van der Waals surface area contributed by atoms with Gasteiger partial charge in [0.15, 0.2) is 11.5 Å². The van der Waals surface area contributed by atoms with E-state index >= 15 is 0 Å². The fourth-order valence-corrected chi connectivity index (χ4v) is 7.09. The number of rotatable bonds is 6. The highest BCUT2D eigenvalue weighted by atomic mass is 32.2. The van der Waals surface area contributed by atoms with E-state index in [1.54, 1.807) is 18.2 Å². The van der Waals surface area contributed by atoms with E-state index in [0.717, 1.165) is 16.7 Å². The molecular formula is C21H20N2O4S3. The number of ether oxygens (including phenoxy) is 2.